The second kappa shape index (κ2) is 9.83. The third-order valence-corrected chi connectivity index (χ3v) is 6.13. The van der Waals surface area contributed by atoms with Crippen LogP contribution in [-0.2, 0) is 4.79 Å². The van der Waals surface area contributed by atoms with E-state index in [0.717, 1.165) is 44.7 Å². The number of fused-ring (bicyclic) bond motifs is 1. The van der Waals surface area contributed by atoms with Crippen molar-refractivity contribution >= 4 is 45.5 Å². The SMILES string of the molecule is COc1ccc(C2=Nc3ccccc3N=C(SCC(=O)Nc3ccc(C)cc3C)C2)cc1. The molecule has 1 N–H and O–H groups in total. The zero-order valence-electron chi connectivity index (χ0n) is 18.4. The van der Waals surface area contributed by atoms with Crippen molar-refractivity contribution in [1.82, 2.24) is 0 Å². The van der Waals surface area contributed by atoms with Gasteiger partial charge in [-0.2, -0.15) is 0 Å². The van der Waals surface area contributed by atoms with Gasteiger partial charge in [-0.25, -0.2) is 4.99 Å². The molecular formula is C26H25N3O2S. The number of nitrogens with one attached hydrogen (secondary N) is 1. The number of aliphatic imine (C=N–C) groups is 2. The number of para-hydroxylation sites is 2. The molecule has 0 atom stereocenters. The number of nitrogens with zero attached hydrogens (tertiary/aromatic N) is 2. The highest BCUT2D eigenvalue weighted by Gasteiger charge is 2.17. The molecule has 0 spiro atoms. The van der Waals surface area contributed by atoms with Crippen LogP contribution in [0.25, 0.3) is 0 Å². The lowest BCUT2D eigenvalue weighted by Crippen LogP contribution is -2.17. The number of hydrogen-bond acceptors (Lipinski definition) is 5. The van der Waals surface area contributed by atoms with Crippen LogP contribution >= 0.6 is 11.8 Å². The molecule has 162 valence electrons. The Hall–Kier alpha value is -3.38. The van der Waals surface area contributed by atoms with Crippen molar-refractivity contribution in [3.05, 3.63) is 83.4 Å². The van der Waals surface area contributed by atoms with Crippen LogP contribution in [0, 0.1) is 13.8 Å². The van der Waals surface area contributed by atoms with Crippen molar-refractivity contribution in [3.63, 3.8) is 0 Å². The molecule has 32 heavy (non-hydrogen) atoms. The molecule has 3 aromatic carbocycles. The highest BCUT2D eigenvalue weighted by molar-refractivity contribution is 8.14. The van der Waals surface area contributed by atoms with Crippen molar-refractivity contribution in [2.45, 2.75) is 20.3 Å². The number of aryl methyl sites for hydroxylation is 2. The highest BCUT2D eigenvalue weighted by Crippen LogP contribution is 2.33. The van der Waals surface area contributed by atoms with Gasteiger partial charge in [0.25, 0.3) is 0 Å². The van der Waals surface area contributed by atoms with Gasteiger partial charge in [-0.3, -0.25) is 9.79 Å². The monoisotopic (exact) mass is 443 g/mol. The number of anilines is 1. The van der Waals surface area contributed by atoms with Crippen LogP contribution in [0.4, 0.5) is 17.1 Å². The number of rotatable bonds is 5. The summed E-state index contributed by atoms with van der Waals surface area (Å²) in [6.07, 6.45) is 0.558. The zero-order valence-corrected chi connectivity index (χ0v) is 19.2. The molecular weight excluding hydrogens is 418 g/mol. The fourth-order valence-corrected chi connectivity index (χ4v) is 4.25. The van der Waals surface area contributed by atoms with Gasteiger partial charge in [-0.05, 0) is 67.4 Å². The van der Waals surface area contributed by atoms with Gasteiger partial charge in [0.1, 0.15) is 5.75 Å². The second-order valence-electron chi connectivity index (χ2n) is 7.61. The number of amides is 1. The van der Waals surface area contributed by atoms with Gasteiger partial charge in [0.2, 0.25) is 5.91 Å². The van der Waals surface area contributed by atoms with Crippen LogP contribution in [0.3, 0.4) is 0 Å². The fraction of sp³-hybridized carbons (Fsp3) is 0.192. The van der Waals surface area contributed by atoms with Gasteiger partial charge < -0.3 is 10.1 Å². The Morgan fingerprint density at radius 3 is 2.41 bits per heavy atom. The first-order valence-electron chi connectivity index (χ1n) is 10.4. The van der Waals surface area contributed by atoms with Crippen molar-refractivity contribution in [2.24, 2.45) is 9.98 Å². The maximum Gasteiger partial charge on any atom is 0.234 e. The van der Waals surface area contributed by atoms with Crippen molar-refractivity contribution in [2.75, 3.05) is 18.2 Å². The largest absolute Gasteiger partial charge is 0.497 e. The third kappa shape index (κ3) is 5.26. The smallest absolute Gasteiger partial charge is 0.234 e. The maximum atomic E-state index is 12.6. The van der Waals surface area contributed by atoms with E-state index in [0.29, 0.717) is 6.42 Å². The molecule has 0 aromatic heterocycles. The number of hydrogen-bond donors (Lipinski definition) is 1. The molecule has 0 fully saturated rings. The number of carbonyl (C=O) groups excluding carboxylic acids is 1. The first-order chi connectivity index (χ1) is 15.5. The summed E-state index contributed by atoms with van der Waals surface area (Å²) in [6, 6.07) is 21.7. The van der Waals surface area contributed by atoms with Crippen molar-refractivity contribution in [1.29, 1.82) is 0 Å². The van der Waals surface area contributed by atoms with Gasteiger partial charge in [0.05, 0.1) is 35.0 Å². The van der Waals surface area contributed by atoms with Gasteiger partial charge in [0.15, 0.2) is 0 Å². The Labute approximate surface area is 192 Å². The quantitative estimate of drug-likeness (QED) is 0.508. The molecule has 1 aliphatic heterocycles. The predicted molar refractivity (Wildman–Crippen MR) is 134 cm³/mol. The normalized spacial score (nSPS) is 12.8. The fourth-order valence-electron chi connectivity index (χ4n) is 3.48. The highest BCUT2D eigenvalue weighted by atomic mass is 32.2. The molecule has 4 rings (SSSR count). The standard InChI is InChI=1S/C26H25N3O2S/c1-17-8-13-21(18(2)14-17)28-25(30)16-32-26-15-24(19-9-11-20(31-3)12-10-19)27-22-6-4-5-7-23(22)29-26/h4-14H,15-16H2,1-3H3,(H,28,30). The maximum absolute atomic E-state index is 12.6. The lowest BCUT2D eigenvalue weighted by atomic mass is 10.1. The summed E-state index contributed by atoms with van der Waals surface area (Å²) in [4.78, 5) is 22.3. The van der Waals surface area contributed by atoms with E-state index in [-0.39, 0.29) is 11.7 Å². The third-order valence-electron chi connectivity index (χ3n) is 5.15. The average molecular weight is 444 g/mol. The predicted octanol–water partition coefficient (Wildman–Crippen LogP) is 6.24. The zero-order chi connectivity index (χ0) is 22.5. The van der Waals surface area contributed by atoms with Crippen LogP contribution in [0.1, 0.15) is 23.1 Å². The van der Waals surface area contributed by atoms with Crippen molar-refractivity contribution < 1.29 is 9.53 Å². The molecule has 1 aliphatic rings. The number of thioether (sulfide) groups is 1. The van der Waals surface area contributed by atoms with E-state index >= 15 is 0 Å². The number of ether oxygens (including phenoxy) is 1. The molecule has 5 nitrogen and oxygen atoms in total. The van der Waals surface area contributed by atoms with Gasteiger partial charge in [-0.15, -0.1) is 11.8 Å². The van der Waals surface area contributed by atoms with Gasteiger partial charge in [0, 0.05) is 12.1 Å². The van der Waals surface area contributed by atoms with Crippen LogP contribution in [-0.4, -0.2) is 29.5 Å². The number of benzene rings is 3. The van der Waals surface area contributed by atoms with E-state index in [4.69, 9.17) is 14.7 Å². The van der Waals surface area contributed by atoms with E-state index in [2.05, 4.69) is 11.4 Å². The summed E-state index contributed by atoms with van der Waals surface area (Å²) in [7, 11) is 1.65. The molecule has 0 aliphatic carbocycles. The molecule has 6 heteroatoms. The molecule has 0 bridgehead atoms. The summed E-state index contributed by atoms with van der Waals surface area (Å²) in [5.74, 6) is 1.03. The van der Waals surface area contributed by atoms with E-state index in [1.54, 1.807) is 7.11 Å². The number of carbonyl (C=O) groups is 1. The van der Waals surface area contributed by atoms with Crippen LogP contribution in [0.5, 0.6) is 5.75 Å². The van der Waals surface area contributed by atoms with E-state index in [1.807, 2.05) is 74.5 Å². The van der Waals surface area contributed by atoms with Crippen LogP contribution in [0.2, 0.25) is 0 Å². The van der Waals surface area contributed by atoms with Crippen LogP contribution < -0.4 is 10.1 Å². The van der Waals surface area contributed by atoms with Gasteiger partial charge >= 0.3 is 0 Å². The summed E-state index contributed by atoms with van der Waals surface area (Å²) < 4.78 is 5.28. The molecule has 0 radical (unpaired) electrons. The summed E-state index contributed by atoms with van der Waals surface area (Å²) >= 11 is 1.45. The van der Waals surface area contributed by atoms with Crippen molar-refractivity contribution in [3.8, 4) is 5.75 Å². The average Bonchev–Trinajstić information content (AvgIpc) is 2.99. The molecule has 0 unspecified atom stereocenters. The van der Waals surface area contributed by atoms with E-state index in [9.17, 15) is 4.79 Å². The number of methoxy groups -OCH3 is 1. The Bertz CT molecular complexity index is 1200. The molecule has 0 saturated carbocycles. The van der Waals surface area contributed by atoms with Crippen LogP contribution in [0.15, 0.2) is 76.7 Å². The summed E-state index contributed by atoms with van der Waals surface area (Å²) in [5, 5.41) is 3.87. The minimum atomic E-state index is -0.0508. The minimum Gasteiger partial charge on any atom is -0.497 e. The first-order valence-corrected chi connectivity index (χ1v) is 11.4. The first kappa shape index (κ1) is 21.8. The van der Waals surface area contributed by atoms with Gasteiger partial charge in [-0.1, -0.05) is 29.8 Å². The Balaban J connectivity index is 1.52. The molecule has 3 aromatic rings. The Kier molecular flexibility index (Phi) is 6.71. The Morgan fingerprint density at radius 2 is 1.72 bits per heavy atom. The Morgan fingerprint density at radius 1 is 1.00 bits per heavy atom. The molecule has 1 amide bonds. The van der Waals surface area contributed by atoms with E-state index in [1.165, 1.54) is 17.3 Å². The summed E-state index contributed by atoms with van der Waals surface area (Å²) in [5.41, 5.74) is 6.63. The summed E-state index contributed by atoms with van der Waals surface area (Å²) in [6.45, 7) is 4.04. The minimum absolute atomic E-state index is 0.0508. The molecule has 0 saturated heterocycles. The lowest BCUT2D eigenvalue weighted by molar-refractivity contribution is -0.113. The second-order valence-corrected chi connectivity index (χ2v) is 8.66. The molecule has 1 heterocycles. The topological polar surface area (TPSA) is 63.1 Å². The lowest BCUT2D eigenvalue weighted by Gasteiger charge is -2.10. The van der Waals surface area contributed by atoms with E-state index < -0.39 is 0 Å².